The van der Waals surface area contributed by atoms with Gasteiger partial charge in [-0.25, -0.2) is 0 Å². The van der Waals surface area contributed by atoms with Crippen LogP contribution in [0.3, 0.4) is 0 Å². The van der Waals surface area contributed by atoms with E-state index in [9.17, 15) is 0 Å². The molecule has 0 atom stereocenters. The lowest BCUT2D eigenvalue weighted by atomic mass is 9.96. The van der Waals surface area contributed by atoms with Gasteiger partial charge in [-0.05, 0) is 24.5 Å². The topological polar surface area (TPSA) is 4.93 Å². The number of nitrogens with zero attached hydrogens (tertiary/aromatic N) is 1. The zero-order valence-corrected chi connectivity index (χ0v) is 4.62. The first-order valence-electron chi connectivity index (χ1n) is 2.52. The molecule has 0 aromatic carbocycles. The summed E-state index contributed by atoms with van der Waals surface area (Å²) in [5, 5.41) is 0. The van der Waals surface area contributed by atoms with Crippen LogP contribution in [0.25, 0.3) is 0 Å². The Kier molecular flexibility index (Phi) is 1.57. The molecule has 1 aromatic heterocycles. The highest BCUT2D eigenvalue weighted by atomic mass is 14.8. The molecule has 0 amide bonds. The molecule has 0 aliphatic carbocycles. The number of hydrogen-bond donors (Lipinski definition) is 0. The molecule has 1 radical (unpaired) electrons. The third kappa shape index (κ3) is 1.03. The lowest BCUT2D eigenvalue weighted by Crippen LogP contribution is -1.97. The maximum absolute atomic E-state index is 3.56. The molecular formula is C6H7BN. The second-order valence-electron chi connectivity index (χ2n) is 1.52. The summed E-state index contributed by atoms with van der Waals surface area (Å²) in [4.78, 5) is 0. The SMILES string of the molecule is C=C[B]n1cccc1. The minimum absolute atomic E-state index is 1.75. The summed E-state index contributed by atoms with van der Waals surface area (Å²) in [6.07, 6.45) is 3.92. The summed E-state index contributed by atoms with van der Waals surface area (Å²) in [5.41, 5.74) is 0. The van der Waals surface area contributed by atoms with Crippen LogP contribution in [0.4, 0.5) is 0 Å². The van der Waals surface area contributed by atoms with Crippen molar-refractivity contribution in [3.05, 3.63) is 37.1 Å². The first kappa shape index (κ1) is 5.23. The Hall–Kier alpha value is -0.915. The highest BCUT2D eigenvalue weighted by Gasteiger charge is 1.82. The van der Waals surface area contributed by atoms with E-state index < -0.39 is 0 Å². The summed E-state index contributed by atoms with van der Waals surface area (Å²) in [6, 6.07) is 3.94. The predicted molar refractivity (Wildman–Crippen MR) is 35.8 cm³/mol. The Morgan fingerprint density at radius 3 is 2.50 bits per heavy atom. The molecule has 0 spiro atoms. The minimum Gasteiger partial charge on any atom is -0.398 e. The van der Waals surface area contributed by atoms with E-state index >= 15 is 0 Å². The Bertz CT molecular complexity index is 155. The molecule has 0 aliphatic rings. The van der Waals surface area contributed by atoms with Gasteiger partial charge in [0.2, 0.25) is 0 Å². The lowest BCUT2D eigenvalue weighted by molar-refractivity contribution is 1.24. The molecular weight excluding hydrogens is 96.9 g/mol. The molecule has 0 unspecified atom stereocenters. The van der Waals surface area contributed by atoms with E-state index in [1.54, 1.807) is 5.98 Å². The van der Waals surface area contributed by atoms with Gasteiger partial charge in [0.05, 0.1) is 0 Å². The fraction of sp³-hybridized carbons (Fsp3) is 0. The molecule has 1 heterocycles. The van der Waals surface area contributed by atoms with Crippen LogP contribution >= 0.6 is 0 Å². The molecule has 1 nitrogen and oxygen atoms in total. The van der Waals surface area contributed by atoms with Crippen LogP contribution in [0.5, 0.6) is 0 Å². The molecule has 2 heteroatoms. The third-order valence-electron chi connectivity index (χ3n) is 0.905. The maximum atomic E-state index is 3.56. The fourth-order valence-electron chi connectivity index (χ4n) is 0.569. The number of aromatic nitrogens is 1. The van der Waals surface area contributed by atoms with Gasteiger partial charge >= 0.3 is 0 Å². The first-order valence-corrected chi connectivity index (χ1v) is 2.52. The van der Waals surface area contributed by atoms with Gasteiger partial charge in [0.15, 0.2) is 0 Å². The van der Waals surface area contributed by atoms with E-state index in [2.05, 4.69) is 6.58 Å². The molecule has 1 rings (SSSR count). The van der Waals surface area contributed by atoms with E-state index in [1.165, 1.54) is 0 Å². The molecule has 0 aliphatic heterocycles. The average molecular weight is 104 g/mol. The van der Waals surface area contributed by atoms with Crippen LogP contribution in [0.15, 0.2) is 37.1 Å². The van der Waals surface area contributed by atoms with E-state index in [0.717, 1.165) is 0 Å². The molecule has 0 N–H and O–H groups in total. The second-order valence-corrected chi connectivity index (χ2v) is 1.52. The van der Waals surface area contributed by atoms with Gasteiger partial charge in [0.25, 0.3) is 7.41 Å². The van der Waals surface area contributed by atoms with Crippen molar-refractivity contribution in [3.8, 4) is 0 Å². The van der Waals surface area contributed by atoms with Crippen LogP contribution in [-0.4, -0.2) is 11.9 Å². The standard InChI is InChI=1S/C6H7BN/c1-2-7-8-5-3-4-6-8/h2-6H,1H2. The van der Waals surface area contributed by atoms with E-state index in [1.807, 2.05) is 36.4 Å². The molecule has 0 fully saturated rings. The van der Waals surface area contributed by atoms with Crippen molar-refractivity contribution in [2.24, 2.45) is 0 Å². The van der Waals surface area contributed by atoms with E-state index in [-0.39, 0.29) is 0 Å². The summed E-state index contributed by atoms with van der Waals surface area (Å²) >= 11 is 0. The third-order valence-corrected chi connectivity index (χ3v) is 0.905. The predicted octanol–water partition coefficient (Wildman–Crippen LogP) is 1.10. The highest BCUT2D eigenvalue weighted by Crippen LogP contribution is 1.84. The molecule has 0 saturated carbocycles. The molecule has 8 heavy (non-hydrogen) atoms. The molecule has 1 aromatic rings. The van der Waals surface area contributed by atoms with Gasteiger partial charge in [-0.3, -0.25) is 0 Å². The van der Waals surface area contributed by atoms with Gasteiger partial charge in [0, 0.05) is 0 Å². The zero-order valence-electron chi connectivity index (χ0n) is 4.62. The van der Waals surface area contributed by atoms with Crippen LogP contribution in [0, 0.1) is 0 Å². The molecule has 39 valence electrons. The minimum atomic E-state index is 1.75. The van der Waals surface area contributed by atoms with Crippen molar-refractivity contribution in [2.75, 3.05) is 0 Å². The van der Waals surface area contributed by atoms with Crippen LogP contribution < -0.4 is 0 Å². The Balaban J connectivity index is 2.62. The summed E-state index contributed by atoms with van der Waals surface area (Å²) in [5.74, 6) is 1.75. The van der Waals surface area contributed by atoms with E-state index in [4.69, 9.17) is 0 Å². The van der Waals surface area contributed by atoms with Crippen molar-refractivity contribution < 1.29 is 0 Å². The van der Waals surface area contributed by atoms with Crippen molar-refractivity contribution in [1.29, 1.82) is 0 Å². The Labute approximate surface area is 49.9 Å². The van der Waals surface area contributed by atoms with Gasteiger partial charge in [-0.1, -0.05) is 0 Å². The van der Waals surface area contributed by atoms with Crippen LogP contribution in [-0.2, 0) is 0 Å². The summed E-state index contributed by atoms with van der Waals surface area (Å²) < 4.78 is 1.94. The summed E-state index contributed by atoms with van der Waals surface area (Å²) in [7, 11) is 1.89. The Morgan fingerprint density at radius 2 is 2.00 bits per heavy atom. The van der Waals surface area contributed by atoms with Crippen LogP contribution in [0.2, 0.25) is 0 Å². The monoisotopic (exact) mass is 104 g/mol. The number of hydrogen-bond acceptors (Lipinski definition) is 0. The Morgan fingerprint density at radius 1 is 1.38 bits per heavy atom. The zero-order chi connectivity index (χ0) is 5.82. The van der Waals surface area contributed by atoms with Crippen molar-refractivity contribution in [2.45, 2.75) is 0 Å². The number of rotatable bonds is 2. The van der Waals surface area contributed by atoms with Crippen LogP contribution in [0.1, 0.15) is 0 Å². The molecule has 0 bridgehead atoms. The van der Waals surface area contributed by atoms with Gasteiger partial charge < -0.3 is 4.48 Å². The first-order chi connectivity index (χ1) is 3.93. The molecule has 0 saturated heterocycles. The lowest BCUT2D eigenvalue weighted by Gasteiger charge is -1.88. The van der Waals surface area contributed by atoms with E-state index in [0.29, 0.717) is 0 Å². The van der Waals surface area contributed by atoms with Gasteiger partial charge in [0.1, 0.15) is 0 Å². The second kappa shape index (κ2) is 2.41. The van der Waals surface area contributed by atoms with Crippen molar-refractivity contribution in [3.63, 3.8) is 0 Å². The van der Waals surface area contributed by atoms with Gasteiger partial charge in [-0.15, -0.1) is 12.6 Å². The highest BCUT2D eigenvalue weighted by molar-refractivity contribution is 6.39. The van der Waals surface area contributed by atoms with Crippen molar-refractivity contribution in [1.82, 2.24) is 4.48 Å². The normalized spacial score (nSPS) is 8.50. The van der Waals surface area contributed by atoms with Crippen molar-refractivity contribution >= 4 is 7.41 Å². The smallest absolute Gasteiger partial charge is 0.280 e. The summed E-state index contributed by atoms with van der Waals surface area (Å²) in [6.45, 7) is 3.56. The average Bonchev–Trinajstić information content (AvgIpc) is 2.19. The maximum Gasteiger partial charge on any atom is 0.280 e. The quantitative estimate of drug-likeness (QED) is 0.495. The van der Waals surface area contributed by atoms with Gasteiger partial charge in [-0.2, -0.15) is 0 Å². The largest absolute Gasteiger partial charge is 0.398 e. The fourth-order valence-corrected chi connectivity index (χ4v) is 0.569.